The van der Waals surface area contributed by atoms with Gasteiger partial charge in [0.25, 0.3) is 0 Å². The van der Waals surface area contributed by atoms with E-state index < -0.39 is 0 Å². The van der Waals surface area contributed by atoms with Gasteiger partial charge in [0.1, 0.15) is 11.2 Å². The van der Waals surface area contributed by atoms with Gasteiger partial charge in [-0.05, 0) is 99.4 Å². The summed E-state index contributed by atoms with van der Waals surface area (Å²) in [7, 11) is 0. The first kappa shape index (κ1) is 31.6. The second kappa shape index (κ2) is 12.9. The predicted molar refractivity (Wildman–Crippen MR) is 235 cm³/mol. The standard InChI is InChI=1S/C52H33NOS/c1-3-12-34(13-4-1)36-22-25-40(26-23-36)53(48-32-39(35-14-5-2-6-15-35)30-37-16-7-8-17-42(37)48)41-27-29-50-47(33-41)46-31-38(24-28-49(46)54-50)43-19-11-20-45-44-18-9-10-21-51(44)55-52(43)45/h1-33H. The first-order valence-electron chi connectivity index (χ1n) is 18.7. The number of nitrogens with zero attached hydrogens (tertiary/aromatic N) is 1. The van der Waals surface area contributed by atoms with E-state index >= 15 is 0 Å². The molecule has 2 nitrogen and oxygen atoms in total. The van der Waals surface area contributed by atoms with Crippen LogP contribution in [0.25, 0.3) is 86.3 Å². The smallest absolute Gasteiger partial charge is 0.135 e. The Morgan fingerprint density at radius 2 is 0.964 bits per heavy atom. The molecule has 2 heterocycles. The second-order valence-electron chi connectivity index (χ2n) is 14.1. The third kappa shape index (κ3) is 5.40. The maximum atomic E-state index is 6.52. The molecule has 258 valence electrons. The van der Waals surface area contributed by atoms with Crippen LogP contribution in [-0.2, 0) is 0 Å². The monoisotopic (exact) mass is 719 g/mol. The fourth-order valence-electron chi connectivity index (χ4n) is 8.18. The van der Waals surface area contributed by atoms with Crippen LogP contribution in [0.3, 0.4) is 0 Å². The van der Waals surface area contributed by atoms with Gasteiger partial charge in [0.05, 0.1) is 5.69 Å². The average Bonchev–Trinajstić information content (AvgIpc) is 3.82. The highest BCUT2D eigenvalue weighted by atomic mass is 32.1. The largest absolute Gasteiger partial charge is 0.456 e. The van der Waals surface area contributed by atoms with E-state index in [0.29, 0.717) is 0 Å². The highest BCUT2D eigenvalue weighted by molar-refractivity contribution is 7.26. The number of anilines is 3. The zero-order valence-corrected chi connectivity index (χ0v) is 30.6. The third-order valence-corrected chi connectivity index (χ3v) is 12.1. The molecule has 0 unspecified atom stereocenters. The molecule has 11 aromatic rings. The summed E-state index contributed by atoms with van der Waals surface area (Å²) in [5, 5.41) is 7.19. The number of furan rings is 1. The molecule has 0 radical (unpaired) electrons. The molecular formula is C52H33NOS. The van der Waals surface area contributed by atoms with Gasteiger partial charge >= 0.3 is 0 Å². The Hall–Kier alpha value is -6.94. The van der Waals surface area contributed by atoms with Crippen molar-refractivity contribution in [2.45, 2.75) is 0 Å². The summed E-state index contributed by atoms with van der Waals surface area (Å²) in [5.74, 6) is 0. The molecule has 0 saturated carbocycles. The van der Waals surface area contributed by atoms with Gasteiger partial charge in [-0.3, -0.25) is 0 Å². The molecule has 11 rings (SSSR count). The highest BCUT2D eigenvalue weighted by Gasteiger charge is 2.20. The van der Waals surface area contributed by atoms with Crippen molar-refractivity contribution in [3.63, 3.8) is 0 Å². The van der Waals surface area contributed by atoms with Crippen molar-refractivity contribution in [1.82, 2.24) is 0 Å². The van der Waals surface area contributed by atoms with Crippen molar-refractivity contribution in [2.24, 2.45) is 0 Å². The molecule has 3 heteroatoms. The Morgan fingerprint density at radius 3 is 1.76 bits per heavy atom. The Balaban J connectivity index is 1.12. The number of benzene rings is 9. The summed E-state index contributed by atoms with van der Waals surface area (Å²) in [4.78, 5) is 2.41. The van der Waals surface area contributed by atoms with Crippen LogP contribution in [0.15, 0.2) is 205 Å². The lowest BCUT2D eigenvalue weighted by Gasteiger charge is -2.28. The minimum atomic E-state index is 0.873. The first-order chi connectivity index (χ1) is 27.2. The molecule has 0 aliphatic carbocycles. The zero-order valence-electron chi connectivity index (χ0n) is 29.8. The van der Waals surface area contributed by atoms with E-state index in [1.807, 2.05) is 11.3 Å². The molecule has 0 amide bonds. The van der Waals surface area contributed by atoms with Crippen LogP contribution < -0.4 is 4.90 Å². The van der Waals surface area contributed by atoms with Crippen LogP contribution in [0, 0.1) is 0 Å². The van der Waals surface area contributed by atoms with E-state index in [0.717, 1.165) is 39.0 Å². The molecule has 0 atom stereocenters. The van der Waals surface area contributed by atoms with Crippen molar-refractivity contribution in [3.8, 4) is 33.4 Å². The van der Waals surface area contributed by atoms with Crippen LogP contribution >= 0.6 is 11.3 Å². The average molecular weight is 720 g/mol. The van der Waals surface area contributed by atoms with Crippen LogP contribution in [0.2, 0.25) is 0 Å². The summed E-state index contributed by atoms with van der Waals surface area (Å²) < 4.78 is 9.14. The molecular weight excluding hydrogens is 687 g/mol. The van der Waals surface area contributed by atoms with E-state index in [4.69, 9.17) is 4.42 Å². The topological polar surface area (TPSA) is 16.4 Å². The fraction of sp³-hybridized carbons (Fsp3) is 0. The number of hydrogen-bond donors (Lipinski definition) is 0. The van der Waals surface area contributed by atoms with E-state index in [2.05, 4.69) is 205 Å². The first-order valence-corrected chi connectivity index (χ1v) is 19.5. The molecule has 0 spiro atoms. The Morgan fingerprint density at radius 1 is 0.364 bits per heavy atom. The van der Waals surface area contributed by atoms with Crippen molar-refractivity contribution in [2.75, 3.05) is 4.90 Å². The van der Waals surface area contributed by atoms with Crippen LogP contribution in [0.1, 0.15) is 0 Å². The summed E-state index contributed by atoms with van der Waals surface area (Å²) in [5.41, 5.74) is 12.2. The molecule has 9 aromatic carbocycles. The van der Waals surface area contributed by atoms with E-state index in [9.17, 15) is 0 Å². The summed E-state index contributed by atoms with van der Waals surface area (Å²) >= 11 is 1.87. The fourth-order valence-corrected chi connectivity index (χ4v) is 9.42. The number of rotatable bonds is 6. The van der Waals surface area contributed by atoms with Gasteiger partial charge in [-0.2, -0.15) is 0 Å². The predicted octanol–water partition coefficient (Wildman–Crippen LogP) is 15.6. The van der Waals surface area contributed by atoms with Gasteiger partial charge in [-0.15, -0.1) is 11.3 Å². The SMILES string of the molecule is c1ccc(-c2ccc(N(c3ccc4oc5ccc(-c6cccc7c6sc6ccccc67)cc5c4c3)c3cc(-c4ccccc4)cc4ccccc34)cc2)cc1. The molecule has 0 fully saturated rings. The van der Waals surface area contributed by atoms with Crippen molar-refractivity contribution < 1.29 is 4.42 Å². The van der Waals surface area contributed by atoms with Crippen molar-refractivity contribution >= 4 is 81.3 Å². The second-order valence-corrected chi connectivity index (χ2v) is 15.2. The van der Waals surface area contributed by atoms with Gasteiger partial charge in [0, 0.05) is 47.7 Å². The van der Waals surface area contributed by atoms with Crippen molar-refractivity contribution in [1.29, 1.82) is 0 Å². The van der Waals surface area contributed by atoms with Crippen molar-refractivity contribution in [3.05, 3.63) is 200 Å². The molecule has 0 saturated heterocycles. The quantitative estimate of drug-likeness (QED) is 0.170. The van der Waals surface area contributed by atoms with Crippen LogP contribution in [0.5, 0.6) is 0 Å². The lowest BCUT2D eigenvalue weighted by molar-refractivity contribution is 0.669. The van der Waals surface area contributed by atoms with Crippen LogP contribution in [0.4, 0.5) is 17.1 Å². The highest BCUT2D eigenvalue weighted by Crippen LogP contribution is 2.45. The molecule has 0 aliphatic heterocycles. The Labute approximate surface area is 322 Å². The molecule has 2 aromatic heterocycles. The Kier molecular flexibility index (Phi) is 7.39. The number of fused-ring (bicyclic) bond motifs is 7. The summed E-state index contributed by atoms with van der Waals surface area (Å²) in [6.07, 6.45) is 0. The maximum absolute atomic E-state index is 6.52. The maximum Gasteiger partial charge on any atom is 0.135 e. The third-order valence-electron chi connectivity index (χ3n) is 10.8. The van der Waals surface area contributed by atoms with Gasteiger partial charge < -0.3 is 9.32 Å². The van der Waals surface area contributed by atoms with Gasteiger partial charge in [0.15, 0.2) is 0 Å². The number of hydrogen-bond acceptors (Lipinski definition) is 3. The molecule has 0 bridgehead atoms. The van der Waals surface area contributed by atoms with Crippen LogP contribution in [-0.4, -0.2) is 0 Å². The minimum absolute atomic E-state index is 0.873. The summed E-state index contributed by atoms with van der Waals surface area (Å²) in [6, 6.07) is 72.2. The van der Waals surface area contributed by atoms with E-state index in [1.54, 1.807) is 0 Å². The lowest BCUT2D eigenvalue weighted by atomic mass is 9.98. The Bertz CT molecular complexity index is 3190. The normalized spacial score (nSPS) is 11.6. The van der Waals surface area contributed by atoms with Gasteiger partial charge in [-0.1, -0.05) is 140 Å². The van der Waals surface area contributed by atoms with Gasteiger partial charge in [-0.25, -0.2) is 0 Å². The van der Waals surface area contributed by atoms with E-state index in [-0.39, 0.29) is 0 Å². The molecule has 55 heavy (non-hydrogen) atoms. The zero-order chi connectivity index (χ0) is 36.3. The molecule has 0 aliphatic rings. The minimum Gasteiger partial charge on any atom is -0.456 e. The lowest BCUT2D eigenvalue weighted by Crippen LogP contribution is -2.10. The molecule has 0 N–H and O–H groups in total. The summed E-state index contributed by atoms with van der Waals surface area (Å²) in [6.45, 7) is 0. The number of thiophene rings is 1. The van der Waals surface area contributed by atoms with Gasteiger partial charge in [0.2, 0.25) is 0 Å². The van der Waals surface area contributed by atoms with E-state index in [1.165, 1.54) is 64.3 Å².